The number of hydrogen-bond donors (Lipinski definition) is 0. The highest BCUT2D eigenvalue weighted by Gasteiger charge is 2.45. The highest BCUT2D eigenvalue weighted by atomic mass is 16.5. The zero-order valence-electron chi connectivity index (χ0n) is 19.9. The molecule has 0 saturated carbocycles. The fourth-order valence-electron chi connectivity index (χ4n) is 3.20. The Kier molecular flexibility index (Phi) is 13.3. The molecule has 0 aliphatic heterocycles. The van der Waals surface area contributed by atoms with Crippen molar-refractivity contribution in [3.8, 4) is 0 Å². The smallest absolute Gasteiger partial charge is 0.333 e. The monoisotopic (exact) mass is 426 g/mol. The van der Waals surface area contributed by atoms with Crippen LogP contribution in [0.4, 0.5) is 0 Å². The van der Waals surface area contributed by atoms with E-state index in [2.05, 4.69) is 6.58 Å². The molecular weight excluding hydrogens is 384 g/mol. The predicted molar refractivity (Wildman–Crippen MR) is 118 cm³/mol. The molecule has 174 valence electrons. The number of ether oxygens (including phenoxy) is 3. The van der Waals surface area contributed by atoms with Crippen molar-refractivity contribution in [1.82, 2.24) is 0 Å². The molecule has 1 atom stereocenters. The highest BCUT2D eigenvalue weighted by Crippen LogP contribution is 2.40. The summed E-state index contributed by atoms with van der Waals surface area (Å²) in [6, 6.07) is 0. The molecule has 0 bridgehead atoms. The van der Waals surface area contributed by atoms with Gasteiger partial charge in [-0.15, -0.1) is 0 Å². The minimum absolute atomic E-state index is 0.0641. The molecule has 0 rings (SSSR count). The maximum atomic E-state index is 13.0. The summed E-state index contributed by atoms with van der Waals surface area (Å²) >= 11 is 0. The lowest BCUT2D eigenvalue weighted by molar-refractivity contribution is -0.163. The maximum Gasteiger partial charge on any atom is 0.333 e. The van der Waals surface area contributed by atoms with Crippen molar-refractivity contribution in [2.24, 2.45) is 10.8 Å². The molecule has 0 aromatic rings. The average Bonchev–Trinajstić information content (AvgIpc) is 2.67. The zero-order valence-corrected chi connectivity index (χ0v) is 19.9. The van der Waals surface area contributed by atoms with Crippen LogP contribution >= 0.6 is 0 Å². The molecule has 0 aromatic heterocycles. The fourth-order valence-corrected chi connectivity index (χ4v) is 3.20. The van der Waals surface area contributed by atoms with E-state index in [0.717, 1.165) is 38.5 Å². The summed E-state index contributed by atoms with van der Waals surface area (Å²) in [4.78, 5) is 37.8. The Bertz CT molecular complexity index is 566. The van der Waals surface area contributed by atoms with Gasteiger partial charge in [-0.25, -0.2) is 4.79 Å². The van der Waals surface area contributed by atoms with Gasteiger partial charge >= 0.3 is 17.9 Å². The third kappa shape index (κ3) is 10.3. The summed E-state index contributed by atoms with van der Waals surface area (Å²) in [6.07, 6.45) is 5.29. The number of carbonyl (C=O) groups excluding carboxylic acids is 3. The van der Waals surface area contributed by atoms with Crippen molar-refractivity contribution in [2.75, 3.05) is 19.8 Å². The number of hydrogen-bond acceptors (Lipinski definition) is 6. The standard InChI is InChI=1S/C24H42O6/c1-8-11-14-28-20(25)19(4)17-24(7,22(27)30-16-13-10-3)18-23(5,6)21(26)29-15-12-9-2/h4,8-18H2,1-3,5-7H3. The first-order valence-corrected chi connectivity index (χ1v) is 11.2. The Morgan fingerprint density at radius 3 is 1.63 bits per heavy atom. The van der Waals surface area contributed by atoms with Crippen LogP contribution in [0.3, 0.4) is 0 Å². The van der Waals surface area contributed by atoms with Crippen molar-refractivity contribution in [1.29, 1.82) is 0 Å². The summed E-state index contributed by atoms with van der Waals surface area (Å²) in [5.41, 5.74) is -1.81. The zero-order chi connectivity index (χ0) is 23.2. The SMILES string of the molecule is C=C(CC(C)(CC(C)(C)C(=O)OCCCC)C(=O)OCCCC)C(=O)OCCCC. The number of unbranched alkanes of at least 4 members (excludes halogenated alkanes) is 3. The fraction of sp³-hybridized carbons (Fsp3) is 0.792. The van der Waals surface area contributed by atoms with E-state index in [4.69, 9.17) is 14.2 Å². The molecule has 0 heterocycles. The van der Waals surface area contributed by atoms with Gasteiger partial charge in [-0.3, -0.25) is 9.59 Å². The van der Waals surface area contributed by atoms with Gasteiger partial charge in [0.1, 0.15) is 0 Å². The molecule has 0 amide bonds. The van der Waals surface area contributed by atoms with E-state index in [1.807, 2.05) is 20.8 Å². The van der Waals surface area contributed by atoms with E-state index in [1.165, 1.54) is 0 Å². The van der Waals surface area contributed by atoms with Gasteiger partial charge in [-0.1, -0.05) is 46.6 Å². The van der Waals surface area contributed by atoms with Gasteiger partial charge < -0.3 is 14.2 Å². The predicted octanol–water partition coefficient (Wildman–Crippen LogP) is 5.39. The summed E-state index contributed by atoms with van der Waals surface area (Å²) in [7, 11) is 0. The second-order valence-electron chi connectivity index (χ2n) is 8.87. The summed E-state index contributed by atoms with van der Waals surface area (Å²) in [6.45, 7) is 16.1. The maximum absolute atomic E-state index is 13.0. The van der Waals surface area contributed by atoms with Gasteiger partial charge in [0.2, 0.25) is 0 Å². The molecule has 6 heteroatoms. The molecule has 6 nitrogen and oxygen atoms in total. The minimum atomic E-state index is -1.10. The van der Waals surface area contributed by atoms with Crippen molar-refractivity contribution in [3.63, 3.8) is 0 Å². The second kappa shape index (κ2) is 14.2. The molecule has 0 aliphatic carbocycles. The Morgan fingerprint density at radius 2 is 1.17 bits per heavy atom. The van der Waals surface area contributed by atoms with Gasteiger partial charge in [0, 0.05) is 5.57 Å². The topological polar surface area (TPSA) is 78.9 Å². The average molecular weight is 427 g/mol. The van der Waals surface area contributed by atoms with Gasteiger partial charge in [-0.2, -0.15) is 0 Å². The van der Waals surface area contributed by atoms with Crippen molar-refractivity contribution >= 4 is 17.9 Å². The van der Waals surface area contributed by atoms with E-state index >= 15 is 0 Å². The molecule has 0 aliphatic rings. The number of esters is 3. The third-order valence-electron chi connectivity index (χ3n) is 4.96. The Labute approximate surface area is 182 Å². The van der Waals surface area contributed by atoms with Crippen LogP contribution in [0.15, 0.2) is 12.2 Å². The second-order valence-corrected chi connectivity index (χ2v) is 8.87. The van der Waals surface area contributed by atoms with Crippen LogP contribution in [0.2, 0.25) is 0 Å². The van der Waals surface area contributed by atoms with Crippen LogP contribution in [0.1, 0.15) is 92.9 Å². The van der Waals surface area contributed by atoms with E-state index in [-0.39, 0.29) is 24.4 Å². The van der Waals surface area contributed by atoms with Crippen LogP contribution in [0, 0.1) is 10.8 Å². The minimum Gasteiger partial charge on any atom is -0.465 e. The van der Waals surface area contributed by atoms with Crippen molar-refractivity contribution in [3.05, 3.63) is 12.2 Å². The Morgan fingerprint density at radius 1 is 0.733 bits per heavy atom. The van der Waals surface area contributed by atoms with Crippen LogP contribution in [0.25, 0.3) is 0 Å². The summed E-state index contributed by atoms with van der Waals surface area (Å²) in [5.74, 6) is -1.31. The molecule has 0 saturated heterocycles. The number of carbonyl (C=O) groups is 3. The van der Waals surface area contributed by atoms with Crippen molar-refractivity contribution in [2.45, 2.75) is 92.9 Å². The van der Waals surface area contributed by atoms with Gasteiger partial charge in [0.15, 0.2) is 0 Å². The Hall–Kier alpha value is -1.85. The lowest BCUT2D eigenvalue weighted by Crippen LogP contribution is -2.40. The quantitative estimate of drug-likeness (QED) is 0.143. The molecule has 0 N–H and O–H groups in total. The lowest BCUT2D eigenvalue weighted by Gasteiger charge is -2.34. The first kappa shape index (κ1) is 28.1. The van der Waals surface area contributed by atoms with E-state index in [1.54, 1.807) is 20.8 Å². The number of rotatable bonds is 16. The summed E-state index contributed by atoms with van der Waals surface area (Å²) in [5, 5.41) is 0. The van der Waals surface area contributed by atoms with Crippen LogP contribution in [-0.2, 0) is 28.6 Å². The van der Waals surface area contributed by atoms with E-state index < -0.39 is 22.8 Å². The lowest BCUT2D eigenvalue weighted by atomic mass is 9.71. The summed E-state index contributed by atoms with van der Waals surface area (Å²) < 4.78 is 16.1. The van der Waals surface area contributed by atoms with Crippen LogP contribution < -0.4 is 0 Å². The normalized spacial score (nSPS) is 13.3. The molecule has 30 heavy (non-hydrogen) atoms. The third-order valence-corrected chi connectivity index (χ3v) is 4.96. The highest BCUT2D eigenvalue weighted by molar-refractivity contribution is 5.89. The van der Waals surface area contributed by atoms with E-state index in [9.17, 15) is 14.4 Å². The first-order chi connectivity index (χ1) is 14.0. The van der Waals surface area contributed by atoms with Crippen LogP contribution in [0.5, 0.6) is 0 Å². The first-order valence-electron chi connectivity index (χ1n) is 11.2. The molecule has 1 unspecified atom stereocenters. The van der Waals surface area contributed by atoms with E-state index in [0.29, 0.717) is 19.8 Å². The van der Waals surface area contributed by atoms with Crippen molar-refractivity contribution < 1.29 is 28.6 Å². The van der Waals surface area contributed by atoms with Crippen LogP contribution in [-0.4, -0.2) is 37.7 Å². The van der Waals surface area contributed by atoms with Gasteiger partial charge in [0.25, 0.3) is 0 Å². The molecule has 0 radical (unpaired) electrons. The largest absolute Gasteiger partial charge is 0.465 e. The molecular formula is C24H42O6. The molecule has 0 spiro atoms. The molecule has 0 fully saturated rings. The van der Waals surface area contributed by atoms with Gasteiger partial charge in [0.05, 0.1) is 30.7 Å². The van der Waals surface area contributed by atoms with Gasteiger partial charge in [-0.05, 0) is 52.9 Å². The molecule has 0 aromatic carbocycles. The Balaban J connectivity index is 5.36.